The normalized spacial score (nSPS) is 25.8. The fourth-order valence-electron chi connectivity index (χ4n) is 2.58. The topological polar surface area (TPSA) is 38.3 Å². The van der Waals surface area contributed by atoms with E-state index in [0.29, 0.717) is 24.5 Å². The van der Waals surface area contributed by atoms with Crippen LogP contribution >= 0.6 is 0 Å². The Hall–Kier alpha value is -0.570. The second-order valence-electron chi connectivity index (χ2n) is 5.00. The average Bonchev–Trinajstić information content (AvgIpc) is 2.27. The molecule has 2 atom stereocenters. The lowest BCUT2D eigenvalue weighted by Crippen LogP contribution is -2.45. The molecule has 1 amide bonds. The maximum atomic E-state index is 11.6. The van der Waals surface area contributed by atoms with Crippen molar-refractivity contribution in [2.75, 3.05) is 13.2 Å². The molecule has 0 bridgehead atoms. The van der Waals surface area contributed by atoms with Crippen molar-refractivity contribution < 1.29 is 9.53 Å². The molecule has 1 aliphatic rings. The summed E-state index contributed by atoms with van der Waals surface area (Å²) in [5, 5.41) is 3.12. The van der Waals surface area contributed by atoms with Crippen LogP contribution in [0.4, 0.5) is 0 Å². The van der Waals surface area contributed by atoms with Gasteiger partial charge < -0.3 is 10.1 Å². The molecule has 0 saturated heterocycles. The van der Waals surface area contributed by atoms with Crippen molar-refractivity contribution in [1.29, 1.82) is 0 Å². The SMILES string of the molecule is CCOCC(=O)NC1CCCCC1C(C)C. The number of hydrogen-bond donors (Lipinski definition) is 1. The van der Waals surface area contributed by atoms with E-state index in [9.17, 15) is 4.79 Å². The van der Waals surface area contributed by atoms with E-state index in [1.54, 1.807) is 0 Å². The molecule has 0 aliphatic heterocycles. The van der Waals surface area contributed by atoms with Crippen molar-refractivity contribution in [3.05, 3.63) is 0 Å². The second kappa shape index (κ2) is 6.89. The lowest BCUT2D eigenvalue weighted by molar-refractivity contribution is -0.127. The molecule has 1 rings (SSSR count). The zero-order valence-corrected chi connectivity index (χ0v) is 10.8. The first kappa shape index (κ1) is 13.5. The van der Waals surface area contributed by atoms with E-state index in [-0.39, 0.29) is 12.5 Å². The molecule has 0 spiro atoms. The predicted molar refractivity (Wildman–Crippen MR) is 65.2 cm³/mol. The molecule has 0 aromatic heterocycles. The summed E-state index contributed by atoms with van der Waals surface area (Å²) in [6, 6.07) is 0.363. The van der Waals surface area contributed by atoms with E-state index < -0.39 is 0 Å². The molecule has 1 fully saturated rings. The molecule has 1 aliphatic carbocycles. The van der Waals surface area contributed by atoms with Crippen LogP contribution in [0.3, 0.4) is 0 Å². The third-order valence-corrected chi connectivity index (χ3v) is 3.46. The van der Waals surface area contributed by atoms with Gasteiger partial charge in [-0.2, -0.15) is 0 Å². The van der Waals surface area contributed by atoms with Crippen LogP contribution < -0.4 is 5.32 Å². The predicted octanol–water partition coefficient (Wildman–Crippen LogP) is 2.35. The van der Waals surface area contributed by atoms with Crippen LogP contribution in [0, 0.1) is 11.8 Å². The first-order valence-corrected chi connectivity index (χ1v) is 6.52. The summed E-state index contributed by atoms with van der Waals surface area (Å²) in [5.74, 6) is 1.33. The molecule has 0 heterocycles. The fourth-order valence-corrected chi connectivity index (χ4v) is 2.58. The van der Waals surface area contributed by atoms with Gasteiger partial charge in [0.1, 0.15) is 6.61 Å². The standard InChI is InChI=1S/C13H25NO2/c1-4-16-9-13(15)14-12-8-6-5-7-11(12)10(2)3/h10-12H,4-9H2,1-3H3,(H,14,15). The van der Waals surface area contributed by atoms with Crippen molar-refractivity contribution in [1.82, 2.24) is 5.32 Å². The van der Waals surface area contributed by atoms with Crippen LogP contribution in [0.25, 0.3) is 0 Å². The van der Waals surface area contributed by atoms with Crippen molar-refractivity contribution in [3.8, 4) is 0 Å². The number of amides is 1. The van der Waals surface area contributed by atoms with E-state index in [0.717, 1.165) is 6.42 Å². The Morgan fingerprint density at radius 3 is 2.69 bits per heavy atom. The minimum absolute atomic E-state index is 0.0411. The van der Waals surface area contributed by atoms with Gasteiger partial charge in [0.25, 0.3) is 0 Å². The summed E-state index contributed by atoms with van der Waals surface area (Å²) < 4.78 is 5.12. The highest BCUT2D eigenvalue weighted by Gasteiger charge is 2.28. The van der Waals surface area contributed by atoms with Crippen LogP contribution in [-0.4, -0.2) is 25.2 Å². The Kier molecular flexibility index (Phi) is 5.81. The zero-order valence-electron chi connectivity index (χ0n) is 10.8. The van der Waals surface area contributed by atoms with Crippen LogP contribution in [0.5, 0.6) is 0 Å². The lowest BCUT2D eigenvalue weighted by atomic mass is 9.78. The monoisotopic (exact) mass is 227 g/mol. The highest BCUT2D eigenvalue weighted by atomic mass is 16.5. The highest BCUT2D eigenvalue weighted by Crippen LogP contribution is 2.30. The molecular weight excluding hydrogens is 202 g/mol. The van der Waals surface area contributed by atoms with Gasteiger partial charge in [-0.15, -0.1) is 0 Å². The first-order chi connectivity index (χ1) is 7.65. The van der Waals surface area contributed by atoms with Crippen LogP contribution in [0.15, 0.2) is 0 Å². The molecule has 0 radical (unpaired) electrons. The molecule has 3 nitrogen and oxygen atoms in total. The number of hydrogen-bond acceptors (Lipinski definition) is 2. The van der Waals surface area contributed by atoms with Crippen molar-refractivity contribution in [2.24, 2.45) is 11.8 Å². The Labute approximate surface area is 98.9 Å². The van der Waals surface area contributed by atoms with E-state index in [2.05, 4.69) is 19.2 Å². The minimum Gasteiger partial charge on any atom is -0.372 e. The summed E-state index contributed by atoms with van der Waals surface area (Å²) in [7, 11) is 0. The van der Waals surface area contributed by atoms with Crippen LogP contribution in [-0.2, 0) is 9.53 Å². The number of nitrogens with one attached hydrogen (secondary N) is 1. The number of ether oxygens (including phenoxy) is 1. The van der Waals surface area contributed by atoms with Gasteiger partial charge in [-0.1, -0.05) is 26.7 Å². The second-order valence-corrected chi connectivity index (χ2v) is 5.00. The van der Waals surface area contributed by atoms with Gasteiger partial charge in [0, 0.05) is 12.6 Å². The lowest BCUT2D eigenvalue weighted by Gasteiger charge is -2.34. The van der Waals surface area contributed by atoms with Crippen molar-refractivity contribution >= 4 is 5.91 Å². The van der Waals surface area contributed by atoms with Gasteiger partial charge in [0.2, 0.25) is 5.91 Å². The summed E-state index contributed by atoms with van der Waals surface area (Å²) in [6.07, 6.45) is 4.92. The maximum Gasteiger partial charge on any atom is 0.246 e. The Balaban J connectivity index is 2.40. The third-order valence-electron chi connectivity index (χ3n) is 3.46. The summed E-state index contributed by atoms with van der Waals surface area (Å²) >= 11 is 0. The molecule has 0 aromatic rings. The van der Waals surface area contributed by atoms with Gasteiger partial charge in [0.15, 0.2) is 0 Å². The van der Waals surface area contributed by atoms with E-state index in [4.69, 9.17) is 4.74 Å². The Bertz CT molecular complexity index is 216. The fraction of sp³-hybridized carbons (Fsp3) is 0.923. The minimum atomic E-state index is 0.0411. The molecule has 3 heteroatoms. The zero-order chi connectivity index (χ0) is 12.0. The number of carbonyl (C=O) groups is 1. The third kappa shape index (κ3) is 4.12. The number of rotatable bonds is 5. The summed E-state index contributed by atoms with van der Waals surface area (Å²) in [4.78, 5) is 11.6. The average molecular weight is 227 g/mol. The molecule has 16 heavy (non-hydrogen) atoms. The molecule has 2 unspecified atom stereocenters. The summed E-state index contributed by atoms with van der Waals surface area (Å²) in [6.45, 7) is 7.21. The molecule has 94 valence electrons. The highest BCUT2D eigenvalue weighted by molar-refractivity contribution is 5.77. The molecule has 1 saturated carbocycles. The van der Waals surface area contributed by atoms with Gasteiger partial charge in [-0.3, -0.25) is 4.79 Å². The van der Waals surface area contributed by atoms with Gasteiger partial charge in [-0.25, -0.2) is 0 Å². The molecule has 0 aromatic carbocycles. The van der Waals surface area contributed by atoms with Crippen molar-refractivity contribution in [2.45, 2.75) is 52.5 Å². The van der Waals surface area contributed by atoms with Crippen LogP contribution in [0.1, 0.15) is 46.5 Å². The molecule has 1 N–H and O–H groups in total. The quantitative estimate of drug-likeness (QED) is 0.783. The van der Waals surface area contributed by atoms with Gasteiger partial charge in [0.05, 0.1) is 0 Å². The molecular formula is C13H25NO2. The number of carbonyl (C=O) groups excluding carboxylic acids is 1. The maximum absolute atomic E-state index is 11.6. The van der Waals surface area contributed by atoms with E-state index in [1.165, 1.54) is 19.3 Å². The largest absolute Gasteiger partial charge is 0.372 e. The van der Waals surface area contributed by atoms with Crippen molar-refractivity contribution in [3.63, 3.8) is 0 Å². The summed E-state index contributed by atoms with van der Waals surface area (Å²) in [5.41, 5.74) is 0. The smallest absolute Gasteiger partial charge is 0.246 e. The van der Waals surface area contributed by atoms with Gasteiger partial charge >= 0.3 is 0 Å². The van der Waals surface area contributed by atoms with Crippen LogP contribution in [0.2, 0.25) is 0 Å². The van der Waals surface area contributed by atoms with Gasteiger partial charge in [-0.05, 0) is 31.6 Å². The van der Waals surface area contributed by atoms with E-state index in [1.807, 2.05) is 6.92 Å². The Morgan fingerprint density at radius 1 is 1.38 bits per heavy atom. The van der Waals surface area contributed by atoms with E-state index >= 15 is 0 Å². The first-order valence-electron chi connectivity index (χ1n) is 6.52. The Morgan fingerprint density at radius 2 is 2.06 bits per heavy atom.